The highest BCUT2D eigenvalue weighted by molar-refractivity contribution is 14.0. The number of pyridine rings is 1. The zero-order chi connectivity index (χ0) is 20.1. The van der Waals surface area contributed by atoms with Crippen LogP contribution in [0, 0.1) is 5.82 Å². The van der Waals surface area contributed by atoms with Crippen LogP contribution in [0.2, 0.25) is 0 Å². The molecule has 0 atom stereocenters. The molecule has 2 N–H and O–H groups in total. The predicted molar refractivity (Wildman–Crippen MR) is 131 cm³/mol. The van der Waals surface area contributed by atoms with Crippen molar-refractivity contribution in [1.82, 2.24) is 9.88 Å². The van der Waals surface area contributed by atoms with E-state index < -0.39 is 0 Å². The van der Waals surface area contributed by atoms with Crippen molar-refractivity contribution in [3.05, 3.63) is 54.0 Å². The van der Waals surface area contributed by atoms with E-state index in [4.69, 9.17) is 5.73 Å². The summed E-state index contributed by atoms with van der Waals surface area (Å²) in [5.74, 6) is 1.42. The molecule has 0 unspecified atom stereocenters. The molecular formula is C22H30FIN6. The summed E-state index contributed by atoms with van der Waals surface area (Å²) in [6.45, 7) is 6.03. The van der Waals surface area contributed by atoms with Crippen LogP contribution < -0.4 is 15.5 Å². The molecular weight excluding hydrogens is 494 g/mol. The number of guanidine groups is 1. The first-order chi connectivity index (χ1) is 14.2. The number of rotatable bonds is 4. The molecule has 2 aliphatic heterocycles. The fourth-order valence-corrected chi connectivity index (χ4v) is 3.94. The maximum atomic E-state index is 13.1. The van der Waals surface area contributed by atoms with Crippen molar-refractivity contribution < 1.29 is 4.39 Å². The van der Waals surface area contributed by atoms with Gasteiger partial charge in [-0.15, -0.1) is 24.0 Å². The molecule has 2 saturated heterocycles. The maximum Gasteiger partial charge on any atom is 0.191 e. The number of nitrogens with two attached hydrogens (primary N) is 1. The molecule has 30 heavy (non-hydrogen) atoms. The quantitative estimate of drug-likeness (QED) is 0.377. The minimum Gasteiger partial charge on any atom is -0.370 e. The standard InChI is InChI=1S/C22H29FN6.HI/c23-19-5-7-20(8-6-19)27-12-14-29(15-13-27)22(24)26-17-18-4-9-21(25-16-18)28-10-2-1-3-11-28;/h4-9,16H,1-3,10-15,17H2,(H2,24,26);1H. The Hall–Kier alpha value is -2.10. The van der Waals surface area contributed by atoms with Crippen LogP contribution in [-0.2, 0) is 6.54 Å². The van der Waals surface area contributed by atoms with Crippen molar-refractivity contribution in [2.24, 2.45) is 10.7 Å². The van der Waals surface area contributed by atoms with Crippen LogP contribution in [0.1, 0.15) is 24.8 Å². The topological polar surface area (TPSA) is 61.0 Å². The largest absolute Gasteiger partial charge is 0.370 e. The molecule has 4 rings (SSSR count). The Kier molecular flexibility index (Phi) is 8.12. The SMILES string of the molecule is I.NC(=NCc1ccc(N2CCCCC2)nc1)N1CCN(c2ccc(F)cc2)CC1. The van der Waals surface area contributed by atoms with E-state index in [9.17, 15) is 4.39 Å². The van der Waals surface area contributed by atoms with Crippen molar-refractivity contribution in [3.63, 3.8) is 0 Å². The summed E-state index contributed by atoms with van der Waals surface area (Å²) < 4.78 is 13.1. The van der Waals surface area contributed by atoms with Gasteiger partial charge in [0.2, 0.25) is 0 Å². The van der Waals surface area contributed by atoms with Gasteiger partial charge in [-0.05, 0) is 55.2 Å². The molecule has 0 radical (unpaired) electrons. The molecule has 0 spiro atoms. The number of benzene rings is 1. The fourth-order valence-electron chi connectivity index (χ4n) is 3.94. The molecule has 2 aliphatic rings. The summed E-state index contributed by atoms with van der Waals surface area (Å²) in [5, 5.41) is 0. The summed E-state index contributed by atoms with van der Waals surface area (Å²) in [5.41, 5.74) is 8.34. The molecule has 8 heteroatoms. The first-order valence-corrected chi connectivity index (χ1v) is 10.4. The normalized spacial score (nSPS) is 17.6. The van der Waals surface area contributed by atoms with Gasteiger partial charge in [0.05, 0.1) is 6.54 Å². The van der Waals surface area contributed by atoms with Crippen LogP contribution in [0.4, 0.5) is 15.9 Å². The second-order valence-corrected chi connectivity index (χ2v) is 7.70. The smallest absolute Gasteiger partial charge is 0.191 e. The number of hydrogen-bond acceptors (Lipinski definition) is 4. The number of anilines is 2. The summed E-state index contributed by atoms with van der Waals surface area (Å²) in [4.78, 5) is 15.9. The maximum absolute atomic E-state index is 13.1. The minimum atomic E-state index is -0.206. The molecule has 0 saturated carbocycles. The molecule has 2 fully saturated rings. The van der Waals surface area contributed by atoms with Gasteiger partial charge in [-0.2, -0.15) is 0 Å². The zero-order valence-electron chi connectivity index (χ0n) is 17.2. The molecule has 1 aromatic heterocycles. The fraction of sp³-hybridized carbons (Fsp3) is 0.455. The van der Waals surface area contributed by atoms with Crippen LogP contribution >= 0.6 is 24.0 Å². The highest BCUT2D eigenvalue weighted by Crippen LogP contribution is 2.18. The van der Waals surface area contributed by atoms with Crippen LogP contribution in [-0.4, -0.2) is 55.1 Å². The van der Waals surface area contributed by atoms with E-state index in [0.717, 1.165) is 56.3 Å². The molecule has 1 aromatic carbocycles. The van der Waals surface area contributed by atoms with Crippen molar-refractivity contribution in [1.29, 1.82) is 0 Å². The van der Waals surface area contributed by atoms with E-state index in [1.807, 2.05) is 18.3 Å². The average Bonchev–Trinajstić information content (AvgIpc) is 2.79. The van der Waals surface area contributed by atoms with Crippen molar-refractivity contribution >= 4 is 41.4 Å². The van der Waals surface area contributed by atoms with Crippen molar-refractivity contribution in [3.8, 4) is 0 Å². The van der Waals surface area contributed by atoms with Crippen LogP contribution in [0.25, 0.3) is 0 Å². The van der Waals surface area contributed by atoms with Crippen LogP contribution in [0.3, 0.4) is 0 Å². The van der Waals surface area contributed by atoms with Gasteiger partial charge in [-0.25, -0.2) is 14.4 Å². The number of nitrogens with zero attached hydrogens (tertiary/aromatic N) is 5. The number of hydrogen-bond donors (Lipinski definition) is 1. The summed E-state index contributed by atoms with van der Waals surface area (Å²) in [6.07, 6.45) is 5.73. The zero-order valence-corrected chi connectivity index (χ0v) is 19.5. The van der Waals surface area contributed by atoms with Gasteiger partial charge in [-0.3, -0.25) is 0 Å². The summed E-state index contributed by atoms with van der Waals surface area (Å²) in [6, 6.07) is 10.8. The predicted octanol–water partition coefficient (Wildman–Crippen LogP) is 3.47. The third kappa shape index (κ3) is 5.74. The first kappa shape index (κ1) is 22.6. The Morgan fingerprint density at radius 3 is 2.23 bits per heavy atom. The van der Waals surface area contributed by atoms with Gasteiger partial charge in [-0.1, -0.05) is 6.07 Å². The van der Waals surface area contributed by atoms with E-state index in [1.54, 1.807) is 0 Å². The number of halogens is 2. The monoisotopic (exact) mass is 524 g/mol. The van der Waals surface area contributed by atoms with E-state index >= 15 is 0 Å². The lowest BCUT2D eigenvalue weighted by Gasteiger charge is -2.36. The highest BCUT2D eigenvalue weighted by Gasteiger charge is 2.18. The van der Waals surface area contributed by atoms with Gasteiger partial charge >= 0.3 is 0 Å². The lowest BCUT2D eigenvalue weighted by atomic mass is 10.1. The Balaban J connectivity index is 0.00000256. The molecule has 0 amide bonds. The second-order valence-electron chi connectivity index (χ2n) is 7.70. The van der Waals surface area contributed by atoms with Crippen molar-refractivity contribution in [2.45, 2.75) is 25.8 Å². The summed E-state index contributed by atoms with van der Waals surface area (Å²) >= 11 is 0. The van der Waals surface area contributed by atoms with Gasteiger partial charge in [0.1, 0.15) is 11.6 Å². The number of piperidine rings is 1. The molecule has 0 bridgehead atoms. The van der Waals surface area contributed by atoms with E-state index in [0.29, 0.717) is 12.5 Å². The third-order valence-electron chi connectivity index (χ3n) is 5.71. The Morgan fingerprint density at radius 2 is 1.60 bits per heavy atom. The molecule has 6 nitrogen and oxygen atoms in total. The minimum absolute atomic E-state index is 0. The highest BCUT2D eigenvalue weighted by atomic mass is 127. The van der Waals surface area contributed by atoms with Gasteiger partial charge < -0.3 is 20.4 Å². The molecule has 0 aliphatic carbocycles. The lowest BCUT2D eigenvalue weighted by Crippen LogP contribution is -2.51. The van der Waals surface area contributed by atoms with Gasteiger partial charge in [0.25, 0.3) is 0 Å². The summed E-state index contributed by atoms with van der Waals surface area (Å²) in [7, 11) is 0. The average molecular weight is 524 g/mol. The molecule has 2 aromatic rings. The van der Waals surface area contributed by atoms with Gasteiger partial charge in [0.15, 0.2) is 5.96 Å². The van der Waals surface area contributed by atoms with E-state index in [1.165, 1.54) is 31.4 Å². The Morgan fingerprint density at radius 1 is 0.900 bits per heavy atom. The number of aliphatic imine (C=N–C) groups is 1. The molecule has 162 valence electrons. The lowest BCUT2D eigenvalue weighted by molar-refractivity contribution is 0.380. The van der Waals surface area contributed by atoms with Crippen molar-refractivity contribution in [2.75, 3.05) is 49.1 Å². The number of piperazine rings is 1. The van der Waals surface area contributed by atoms with E-state index in [-0.39, 0.29) is 29.8 Å². The number of aromatic nitrogens is 1. The van der Waals surface area contributed by atoms with Gasteiger partial charge in [0, 0.05) is 51.2 Å². The van der Waals surface area contributed by atoms with Crippen LogP contribution in [0.5, 0.6) is 0 Å². The molecule has 3 heterocycles. The van der Waals surface area contributed by atoms with Crippen LogP contribution in [0.15, 0.2) is 47.6 Å². The van der Waals surface area contributed by atoms with E-state index in [2.05, 4.69) is 36.8 Å². The second kappa shape index (κ2) is 10.8. The Labute approximate surface area is 195 Å². The third-order valence-corrected chi connectivity index (χ3v) is 5.71. The first-order valence-electron chi connectivity index (χ1n) is 10.4. The Bertz CT molecular complexity index is 813.